The summed E-state index contributed by atoms with van der Waals surface area (Å²) in [6, 6.07) is 0. The van der Waals surface area contributed by atoms with E-state index in [0.29, 0.717) is 20.1 Å². The third-order valence-corrected chi connectivity index (χ3v) is 0.569. The first-order chi connectivity index (χ1) is 3.27. The van der Waals surface area contributed by atoms with Crippen LogP contribution in [0, 0.1) is 0 Å². The van der Waals surface area contributed by atoms with Crippen LogP contribution in [0.25, 0.3) is 0 Å². The Morgan fingerprint density at radius 2 is 2.14 bits per heavy atom. The van der Waals surface area contributed by atoms with Crippen molar-refractivity contribution in [2.75, 3.05) is 13.2 Å². The summed E-state index contributed by atoms with van der Waals surface area (Å²) in [6.45, 7) is 5.62. The van der Waals surface area contributed by atoms with Crippen molar-refractivity contribution in [3.05, 3.63) is 0 Å². The van der Waals surface area contributed by atoms with Crippen LogP contribution < -0.4 is 5.73 Å². The molecule has 0 aliphatic heterocycles. The van der Waals surface area contributed by atoms with Crippen molar-refractivity contribution < 1.29 is 4.65 Å². The van der Waals surface area contributed by atoms with E-state index in [1.54, 1.807) is 0 Å². The van der Waals surface area contributed by atoms with Crippen molar-refractivity contribution in [1.29, 1.82) is 0 Å². The third kappa shape index (κ3) is 5.98. The van der Waals surface area contributed by atoms with Crippen LogP contribution in [0.15, 0.2) is 0 Å². The van der Waals surface area contributed by atoms with Crippen molar-refractivity contribution >= 4 is 6.92 Å². The quantitative estimate of drug-likeness (QED) is 0.516. The van der Waals surface area contributed by atoms with Gasteiger partial charge in [-0.15, -0.1) is 0 Å². The van der Waals surface area contributed by atoms with E-state index < -0.39 is 0 Å². The molecule has 0 unspecified atom stereocenters. The Kier molecular flexibility index (Phi) is 4.14. The van der Waals surface area contributed by atoms with Crippen molar-refractivity contribution in [3.8, 4) is 0 Å². The molecular weight excluding hydrogens is 88.9 g/mol. The van der Waals surface area contributed by atoms with Crippen molar-refractivity contribution in [1.82, 2.24) is 0 Å². The second-order valence-corrected chi connectivity index (χ2v) is 1.71. The topological polar surface area (TPSA) is 35.2 Å². The highest BCUT2D eigenvalue weighted by Crippen LogP contribution is 1.79. The zero-order valence-electron chi connectivity index (χ0n) is 4.98. The Morgan fingerprint density at radius 3 is 2.29 bits per heavy atom. The zero-order chi connectivity index (χ0) is 5.70. The first-order valence-electron chi connectivity index (χ1n) is 2.59. The highest BCUT2D eigenvalue weighted by Gasteiger charge is 1.94. The fraction of sp³-hybridized carbons (Fsp3) is 1.00. The maximum atomic E-state index is 5.15. The van der Waals surface area contributed by atoms with Gasteiger partial charge in [-0.3, -0.25) is 0 Å². The van der Waals surface area contributed by atoms with Crippen LogP contribution in [0.5, 0.6) is 0 Å². The smallest absolute Gasteiger partial charge is 0.286 e. The second kappa shape index (κ2) is 4.15. The van der Waals surface area contributed by atoms with E-state index in [-0.39, 0.29) is 0 Å². The van der Waals surface area contributed by atoms with E-state index >= 15 is 0 Å². The van der Waals surface area contributed by atoms with E-state index in [1.165, 1.54) is 0 Å². The maximum Gasteiger partial charge on any atom is 0.286 e. The van der Waals surface area contributed by atoms with Gasteiger partial charge in [-0.2, -0.15) is 0 Å². The van der Waals surface area contributed by atoms with Gasteiger partial charge in [0, 0.05) is 13.2 Å². The lowest BCUT2D eigenvalue weighted by Crippen LogP contribution is -2.15. The van der Waals surface area contributed by atoms with E-state index in [2.05, 4.69) is 0 Å². The third-order valence-electron chi connectivity index (χ3n) is 0.569. The minimum Gasteiger partial charge on any atom is -0.435 e. The number of hydrogen-bond donors (Lipinski definition) is 1. The van der Waals surface area contributed by atoms with Gasteiger partial charge >= 0.3 is 0 Å². The fourth-order valence-electron chi connectivity index (χ4n) is 0.304. The van der Waals surface area contributed by atoms with Gasteiger partial charge in [0.2, 0.25) is 0 Å². The summed E-state index contributed by atoms with van der Waals surface area (Å²) in [5, 5.41) is 0. The predicted octanol–water partition coefficient (Wildman–Crippen LogP) is 0.213. The largest absolute Gasteiger partial charge is 0.435 e. The van der Waals surface area contributed by atoms with Crippen LogP contribution in [0.1, 0.15) is 0 Å². The molecule has 0 saturated heterocycles. The molecule has 0 fully saturated rings. The molecule has 0 spiro atoms. The molecule has 0 saturated carbocycles. The van der Waals surface area contributed by atoms with Crippen LogP contribution in [-0.2, 0) is 4.65 Å². The zero-order valence-corrected chi connectivity index (χ0v) is 4.98. The number of nitrogens with two attached hydrogens (primary N) is 1. The van der Waals surface area contributed by atoms with E-state index in [0.717, 1.165) is 0 Å². The van der Waals surface area contributed by atoms with E-state index in [4.69, 9.17) is 10.4 Å². The molecule has 42 valence electrons. The standard InChI is InChI=1S/C4H12BNO/c1-5(2)7-4-3-6/h3-4,6H2,1-2H3. The lowest BCUT2D eigenvalue weighted by Gasteiger charge is -1.99. The van der Waals surface area contributed by atoms with Gasteiger partial charge in [0.05, 0.1) is 0 Å². The Hall–Kier alpha value is -0.0151. The molecule has 0 aliphatic carbocycles. The number of rotatable bonds is 3. The van der Waals surface area contributed by atoms with E-state index in [9.17, 15) is 0 Å². The predicted molar refractivity (Wildman–Crippen MR) is 32.5 cm³/mol. The molecule has 0 aliphatic rings. The summed E-state index contributed by atoms with van der Waals surface area (Å²) in [5.41, 5.74) is 5.15. The SMILES string of the molecule is CB(C)OCCN. The Balaban J connectivity index is 2.68. The minimum absolute atomic E-state index is 0.323. The molecule has 2 N–H and O–H groups in total. The lowest BCUT2D eigenvalue weighted by molar-refractivity contribution is 0.337. The molecule has 7 heavy (non-hydrogen) atoms. The average molecular weight is 101 g/mol. The molecule has 0 radical (unpaired) electrons. The first-order valence-corrected chi connectivity index (χ1v) is 2.59. The van der Waals surface area contributed by atoms with Gasteiger partial charge in [-0.25, -0.2) is 0 Å². The van der Waals surface area contributed by atoms with Crippen LogP contribution in [0.3, 0.4) is 0 Å². The Morgan fingerprint density at radius 1 is 1.57 bits per heavy atom. The first kappa shape index (κ1) is 6.98. The molecule has 2 nitrogen and oxygen atoms in total. The molecule has 3 heteroatoms. The minimum atomic E-state index is 0.323. The molecule has 0 amide bonds. The van der Waals surface area contributed by atoms with Gasteiger partial charge in [0.1, 0.15) is 0 Å². The van der Waals surface area contributed by atoms with Gasteiger partial charge < -0.3 is 10.4 Å². The van der Waals surface area contributed by atoms with Crippen LogP contribution >= 0.6 is 0 Å². The molecule has 0 rings (SSSR count). The number of hydrogen-bond acceptors (Lipinski definition) is 2. The lowest BCUT2D eigenvalue weighted by atomic mass is 9.75. The maximum absolute atomic E-state index is 5.15. The summed E-state index contributed by atoms with van der Waals surface area (Å²) < 4.78 is 5.07. The van der Waals surface area contributed by atoms with E-state index in [1.807, 2.05) is 13.6 Å². The fourth-order valence-corrected chi connectivity index (χ4v) is 0.304. The molecule has 0 aromatic carbocycles. The molecule has 0 aromatic heterocycles. The molecular formula is C4H12BNO. The summed E-state index contributed by atoms with van der Waals surface area (Å²) >= 11 is 0. The monoisotopic (exact) mass is 101 g/mol. The van der Waals surface area contributed by atoms with Crippen molar-refractivity contribution in [3.63, 3.8) is 0 Å². The summed E-state index contributed by atoms with van der Waals surface area (Å²) in [4.78, 5) is 0. The van der Waals surface area contributed by atoms with Crippen LogP contribution in [-0.4, -0.2) is 20.1 Å². The van der Waals surface area contributed by atoms with Crippen molar-refractivity contribution in [2.24, 2.45) is 5.73 Å². The Bertz CT molecular complexity index is 40.7. The average Bonchev–Trinajstić information content (AvgIpc) is 1.61. The van der Waals surface area contributed by atoms with Gasteiger partial charge in [-0.1, -0.05) is 13.6 Å². The highest BCUT2D eigenvalue weighted by atomic mass is 16.4. The van der Waals surface area contributed by atoms with Crippen molar-refractivity contribution in [2.45, 2.75) is 13.6 Å². The van der Waals surface area contributed by atoms with Crippen LogP contribution in [0.4, 0.5) is 0 Å². The van der Waals surface area contributed by atoms with Gasteiger partial charge in [0.15, 0.2) is 0 Å². The summed E-state index contributed by atoms with van der Waals surface area (Å²) in [6.07, 6.45) is 0. The van der Waals surface area contributed by atoms with Crippen LogP contribution in [0.2, 0.25) is 13.6 Å². The normalized spacial score (nSPS) is 9.00. The molecule has 0 aromatic rings. The Labute approximate surface area is 45.1 Å². The summed E-state index contributed by atoms with van der Waals surface area (Å²) in [5.74, 6) is 0. The molecule has 0 heterocycles. The highest BCUT2D eigenvalue weighted by molar-refractivity contribution is 6.48. The van der Waals surface area contributed by atoms with Gasteiger partial charge in [0.25, 0.3) is 6.92 Å². The second-order valence-electron chi connectivity index (χ2n) is 1.71. The summed E-state index contributed by atoms with van der Waals surface area (Å²) in [7, 11) is 0. The molecule has 0 atom stereocenters. The molecule has 0 bridgehead atoms. The van der Waals surface area contributed by atoms with Gasteiger partial charge in [-0.05, 0) is 0 Å².